The Morgan fingerprint density at radius 3 is 2.65 bits per heavy atom. The summed E-state index contributed by atoms with van der Waals surface area (Å²) >= 11 is 0. The van der Waals surface area contributed by atoms with Gasteiger partial charge >= 0.3 is 0 Å². The molecule has 1 aliphatic heterocycles. The van der Waals surface area contributed by atoms with Gasteiger partial charge < -0.3 is 16.0 Å². The van der Waals surface area contributed by atoms with E-state index in [0.717, 1.165) is 19.4 Å². The SMILES string of the molecule is CCNC(=O)CNC(=O)CCC1CCCN1.Cl. The number of carbonyl (C=O) groups excluding carboxylic acids is 2. The van der Waals surface area contributed by atoms with E-state index in [2.05, 4.69) is 16.0 Å². The molecule has 1 rings (SSSR count). The molecule has 2 amide bonds. The summed E-state index contributed by atoms with van der Waals surface area (Å²) in [6, 6.07) is 0.482. The summed E-state index contributed by atoms with van der Waals surface area (Å²) in [5.41, 5.74) is 0. The van der Waals surface area contributed by atoms with Gasteiger partial charge in [-0.05, 0) is 32.7 Å². The summed E-state index contributed by atoms with van der Waals surface area (Å²) in [6.45, 7) is 3.60. The number of halogens is 1. The average molecular weight is 264 g/mol. The lowest BCUT2D eigenvalue weighted by atomic mass is 10.1. The van der Waals surface area contributed by atoms with Crippen LogP contribution < -0.4 is 16.0 Å². The third kappa shape index (κ3) is 7.18. The van der Waals surface area contributed by atoms with Gasteiger partial charge in [0.05, 0.1) is 6.54 Å². The van der Waals surface area contributed by atoms with Crippen LogP contribution in [0.5, 0.6) is 0 Å². The Morgan fingerprint density at radius 2 is 2.06 bits per heavy atom. The van der Waals surface area contributed by atoms with Crippen LogP contribution in [0, 0.1) is 0 Å². The highest BCUT2D eigenvalue weighted by atomic mass is 35.5. The summed E-state index contributed by atoms with van der Waals surface area (Å²) in [4.78, 5) is 22.5. The molecular weight excluding hydrogens is 242 g/mol. The summed E-state index contributed by atoms with van der Waals surface area (Å²) in [5, 5.41) is 8.58. The highest BCUT2D eigenvalue weighted by Gasteiger charge is 2.15. The molecule has 3 N–H and O–H groups in total. The van der Waals surface area contributed by atoms with Gasteiger partial charge in [0.25, 0.3) is 0 Å². The fraction of sp³-hybridized carbons (Fsp3) is 0.818. The first-order chi connectivity index (χ1) is 7.72. The Morgan fingerprint density at radius 1 is 1.29 bits per heavy atom. The van der Waals surface area contributed by atoms with Crippen molar-refractivity contribution in [1.82, 2.24) is 16.0 Å². The van der Waals surface area contributed by atoms with Crippen molar-refractivity contribution in [2.45, 2.75) is 38.6 Å². The fourth-order valence-corrected chi connectivity index (χ4v) is 1.84. The first-order valence-corrected chi connectivity index (χ1v) is 5.99. The van der Waals surface area contributed by atoms with Gasteiger partial charge in [-0.15, -0.1) is 12.4 Å². The molecule has 1 aliphatic rings. The van der Waals surface area contributed by atoms with Gasteiger partial charge in [0, 0.05) is 19.0 Å². The van der Waals surface area contributed by atoms with Crippen LogP contribution in [0.3, 0.4) is 0 Å². The first kappa shape index (κ1) is 16.2. The fourth-order valence-electron chi connectivity index (χ4n) is 1.84. The summed E-state index contributed by atoms with van der Waals surface area (Å²) in [5.74, 6) is -0.171. The van der Waals surface area contributed by atoms with Gasteiger partial charge in [-0.25, -0.2) is 0 Å². The van der Waals surface area contributed by atoms with Crippen LogP contribution in [0.4, 0.5) is 0 Å². The maximum absolute atomic E-state index is 11.4. The van der Waals surface area contributed by atoms with Crippen molar-refractivity contribution in [1.29, 1.82) is 0 Å². The molecule has 5 nitrogen and oxygen atoms in total. The predicted molar refractivity (Wildman–Crippen MR) is 69.2 cm³/mol. The number of nitrogens with one attached hydrogen (secondary N) is 3. The van der Waals surface area contributed by atoms with Gasteiger partial charge in [0.15, 0.2) is 0 Å². The minimum atomic E-state index is -0.130. The largest absolute Gasteiger partial charge is 0.355 e. The number of amides is 2. The van der Waals surface area contributed by atoms with E-state index < -0.39 is 0 Å². The van der Waals surface area contributed by atoms with Crippen molar-refractivity contribution in [2.75, 3.05) is 19.6 Å². The van der Waals surface area contributed by atoms with Gasteiger partial charge in [0.2, 0.25) is 11.8 Å². The van der Waals surface area contributed by atoms with E-state index in [4.69, 9.17) is 0 Å². The quantitative estimate of drug-likeness (QED) is 0.641. The molecule has 100 valence electrons. The lowest BCUT2D eigenvalue weighted by molar-refractivity contribution is -0.126. The van der Waals surface area contributed by atoms with Crippen LogP contribution in [0.25, 0.3) is 0 Å². The second kappa shape index (κ2) is 9.24. The molecule has 0 bridgehead atoms. The van der Waals surface area contributed by atoms with Crippen LogP contribution in [-0.4, -0.2) is 37.5 Å². The molecule has 0 saturated carbocycles. The smallest absolute Gasteiger partial charge is 0.239 e. The van der Waals surface area contributed by atoms with Crippen LogP contribution in [-0.2, 0) is 9.59 Å². The maximum Gasteiger partial charge on any atom is 0.239 e. The molecule has 0 aromatic rings. The Kier molecular flexibility index (Phi) is 8.80. The van der Waals surface area contributed by atoms with Crippen LogP contribution >= 0.6 is 12.4 Å². The molecular formula is C11H22ClN3O2. The molecule has 0 aliphatic carbocycles. The Balaban J connectivity index is 0.00000256. The molecule has 1 heterocycles. The molecule has 1 saturated heterocycles. The van der Waals surface area contributed by atoms with Crippen molar-refractivity contribution < 1.29 is 9.59 Å². The molecule has 0 radical (unpaired) electrons. The first-order valence-electron chi connectivity index (χ1n) is 5.99. The summed E-state index contributed by atoms with van der Waals surface area (Å²) in [6.07, 6.45) is 3.72. The van der Waals surface area contributed by atoms with E-state index in [-0.39, 0.29) is 30.8 Å². The second-order valence-electron chi connectivity index (χ2n) is 4.06. The van der Waals surface area contributed by atoms with E-state index >= 15 is 0 Å². The van der Waals surface area contributed by atoms with E-state index in [1.165, 1.54) is 6.42 Å². The molecule has 0 aromatic carbocycles. The highest BCUT2D eigenvalue weighted by molar-refractivity contribution is 5.85. The maximum atomic E-state index is 11.4. The van der Waals surface area contributed by atoms with Crippen molar-refractivity contribution in [2.24, 2.45) is 0 Å². The molecule has 0 aromatic heterocycles. The zero-order valence-corrected chi connectivity index (χ0v) is 11.1. The van der Waals surface area contributed by atoms with Crippen LogP contribution in [0.1, 0.15) is 32.6 Å². The van der Waals surface area contributed by atoms with Crippen LogP contribution in [0.2, 0.25) is 0 Å². The predicted octanol–water partition coefficient (Wildman–Crippen LogP) is 0.193. The number of rotatable bonds is 6. The summed E-state index contributed by atoms with van der Waals surface area (Å²) < 4.78 is 0. The van der Waals surface area contributed by atoms with Gasteiger partial charge in [-0.3, -0.25) is 9.59 Å². The molecule has 0 spiro atoms. The molecule has 1 fully saturated rings. The van der Waals surface area contributed by atoms with Crippen molar-refractivity contribution in [3.63, 3.8) is 0 Å². The lowest BCUT2D eigenvalue weighted by Gasteiger charge is -2.09. The number of hydrogen-bond donors (Lipinski definition) is 3. The second-order valence-corrected chi connectivity index (χ2v) is 4.06. The number of hydrogen-bond acceptors (Lipinski definition) is 3. The molecule has 17 heavy (non-hydrogen) atoms. The molecule has 6 heteroatoms. The van der Waals surface area contributed by atoms with Crippen molar-refractivity contribution in [3.8, 4) is 0 Å². The zero-order valence-electron chi connectivity index (χ0n) is 10.3. The number of carbonyl (C=O) groups is 2. The van der Waals surface area contributed by atoms with E-state index in [0.29, 0.717) is 19.0 Å². The van der Waals surface area contributed by atoms with Gasteiger partial charge in [-0.1, -0.05) is 0 Å². The Hall–Kier alpha value is -0.810. The molecule has 1 atom stereocenters. The summed E-state index contributed by atoms with van der Waals surface area (Å²) in [7, 11) is 0. The van der Waals surface area contributed by atoms with E-state index in [1.54, 1.807) is 0 Å². The van der Waals surface area contributed by atoms with Crippen molar-refractivity contribution in [3.05, 3.63) is 0 Å². The Labute approximate surface area is 109 Å². The standard InChI is InChI=1S/C11H21N3O2.ClH/c1-2-12-11(16)8-14-10(15)6-5-9-4-3-7-13-9;/h9,13H,2-8H2,1H3,(H,12,16)(H,14,15);1H. The Bertz CT molecular complexity index is 243. The van der Waals surface area contributed by atoms with Gasteiger partial charge in [-0.2, -0.15) is 0 Å². The van der Waals surface area contributed by atoms with Crippen LogP contribution in [0.15, 0.2) is 0 Å². The molecule has 1 unspecified atom stereocenters. The van der Waals surface area contributed by atoms with E-state index in [9.17, 15) is 9.59 Å². The lowest BCUT2D eigenvalue weighted by Crippen LogP contribution is -2.37. The normalized spacial score (nSPS) is 18.3. The van der Waals surface area contributed by atoms with Gasteiger partial charge in [0.1, 0.15) is 0 Å². The van der Waals surface area contributed by atoms with Crippen molar-refractivity contribution >= 4 is 24.2 Å². The zero-order chi connectivity index (χ0) is 11.8. The third-order valence-corrected chi connectivity index (χ3v) is 2.70. The minimum Gasteiger partial charge on any atom is -0.355 e. The monoisotopic (exact) mass is 263 g/mol. The topological polar surface area (TPSA) is 70.2 Å². The highest BCUT2D eigenvalue weighted by Crippen LogP contribution is 2.10. The van der Waals surface area contributed by atoms with E-state index in [1.807, 2.05) is 6.92 Å². The third-order valence-electron chi connectivity index (χ3n) is 2.70. The number of likely N-dealkylation sites (N-methyl/N-ethyl adjacent to an activating group) is 1. The average Bonchev–Trinajstić information content (AvgIpc) is 2.77. The minimum absolute atomic E-state index is 0.